The van der Waals surface area contributed by atoms with Crippen molar-refractivity contribution in [3.05, 3.63) is 0 Å². The van der Waals surface area contributed by atoms with Crippen LogP contribution in [0.25, 0.3) is 0 Å². The molecule has 1 fully saturated rings. The second-order valence-electron chi connectivity index (χ2n) is 4.14. The predicted molar refractivity (Wildman–Crippen MR) is 67.1 cm³/mol. The fourth-order valence-corrected chi connectivity index (χ4v) is 3.95. The summed E-state index contributed by atoms with van der Waals surface area (Å²) in [4.78, 5) is 0. The molecule has 1 aliphatic rings. The molecule has 0 radical (unpaired) electrons. The lowest BCUT2D eigenvalue weighted by atomic mass is 10.2. The lowest BCUT2D eigenvalue weighted by molar-refractivity contribution is 0.491. The molecule has 102 valence electrons. The highest BCUT2D eigenvalue weighted by Gasteiger charge is 2.26. The summed E-state index contributed by atoms with van der Waals surface area (Å²) in [6.45, 7) is 2.80. The molecule has 1 atom stereocenters. The molecule has 2 N–H and O–H groups in total. The number of hydrogen-bond acceptors (Lipinski definition) is 5. The standard InChI is InChI=1S/C9H20N2O4S2/c1-2-16(12,13)7-6-11-17(14,15)9-4-3-5-10-8-9/h9-11H,2-8H2,1H3. The third-order valence-corrected chi connectivity index (χ3v) is 6.44. The number of nitrogens with one attached hydrogen (secondary N) is 2. The number of sulfone groups is 1. The van der Waals surface area contributed by atoms with Gasteiger partial charge in [-0.15, -0.1) is 0 Å². The van der Waals surface area contributed by atoms with Crippen LogP contribution in [0.1, 0.15) is 19.8 Å². The Hall–Kier alpha value is -0.180. The van der Waals surface area contributed by atoms with Crippen molar-refractivity contribution in [1.82, 2.24) is 10.0 Å². The summed E-state index contributed by atoms with van der Waals surface area (Å²) >= 11 is 0. The van der Waals surface area contributed by atoms with Gasteiger partial charge in [0.25, 0.3) is 0 Å². The maximum atomic E-state index is 11.8. The van der Waals surface area contributed by atoms with Gasteiger partial charge in [-0.1, -0.05) is 6.92 Å². The Bertz CT molecular complexity index is 424. The van der Waals surface area contributed by atoms with Gasteiger partial charge in [0.1, 0.15) is 0 Å². The maximum Gasteiger partial charge on any atom is 0.215 e. The zero-order valence-corrected chi connectivity index (χ0v) is 11.6. The van der Waals surface area contributed by atoms with Crippen molar-refractivity contribution in [3.8, 4) is 0 Å². The van der Waals surface area contributed by atoms with Crippen LogP contribution in [0.15, 0.2) is 0 Å². The Balaban J connectivity index is 2.44. The van der Waals surface area contributed by atoms with E-state index >= 15 is 0 Å². The first kappa shape index (κ1) is 14.9. The highest BCUT2D eigenvalue weighted by molar-refractivity contribution is 7.91. The molecule has 0 amide bonds. The third-order valence-electron chi connectivity index (χ3n) is 2.85. The zero-order chi connectivity index (χ0) is 12.9. The van der Waals surface area contributed by atoms with Gasteiger partial charge in [0.05, 0.1) is 11.0 Å². The van der Waals surface area contributed by atoms with Gasteiger partial charge in [-0.3, -0.25) is 0 Å². The molecule has 1 unspecified atom stereocenters. The fraction of sp³-hybridized carbons (Fsp3) is 1.00. The minimum absolute atomic E-state index is 0.0327. The Morgan fingerprint density at radius 2 is 2.00 bits per heavy atom. The molecule has 17 heavy (non-hydrogen) atoms. The molecule has 0 bridgehead atoms. The molecule has 0 aliphatic carbocycles. The van der Waals surface area contributed by atoms with Crippen molar-refractivity contribution < 1.29 is 16.8 Å². The van der Waals surface area contributed by atoms with E-state index in [0.29, 0.717) is 13.0 Å². The van der Waals surface area contributed by atoms with Crippen LogP contribution in [0.3, 0.4) is 0 Å². The SMILES string of the molecule is CCS(=O)(=O)CCNS(=O)(=O)C1CCCNC1. The smallest absolute Gasteiger partial charge is 0.215 e. The van der Waals surface area contributed by atoms with Crippen LogP contribution >= 0.6 is 0 Å². The van der Waals surface area contributed by atoms with E-state index in [1.165, 1.54) is 0 Å². The van der Waals surface area contributed by atoms with E-state index in [1.54, 1.807) is 6.92 Å². The van der Waals surface area contributed by atoms with Gasteiger partial charge in [0.15, 0.2) is 9.84 Å². The number of sulfonamides is 1. The molecule has 0 spiro atoms. The number of rotatable bonds is 6. The minimum atomic E-state index is -3.39. The van der Waals surface area contributed by atoms with E-state index in [1.807, 2.05) is 0 Å². The molecule has 1 rings (SSSR count). The van der Waals surface area contributed by atoms with Gasteiger partial charge < -0.3 is 5.32 Å². The summed E-state index contributed by atoms with van der Waals surface area (Å²) in [5.41, 5.74) is 0. The van der Waals surface area contributed by atoms with E-state index < -0.39 is 25.1 Å². The van der Waals surface area contributed by atoms with Gasteiger partial charge in [0.2, 0.25) is 10.0 Å². The third kappa shape index (κ3) is 4.90. The zero-order valence-electron chi connectivity index (χ0n) is 9.98. The van der Waals surface area contributed by atoms with Crippen molar-refractivity contribution in [1.29, 1.82) is 0 Å². The monoisotopic (exact) mass is 284 g/mol. The molecule has 1 saturated heterocycles. The van der Waals surface area contributed by atoms with Crippen LogP contribution in [0.5, 0.6) is 0 Å². The molecule has 1 heterocycles. The summed E-state index contributed by atoms with van der Waals surface area (Å²) in [6, 6.07) is 0. The lowest BCUT2D eigenvalue weighted by Crippen LogP contribution is -2.45. The quantitative estimate of drug-likeness (QED) is 0.659. The van der Waals surface area contributed by atoms with Crippen molar-refractivity contribution >= 4 is 19.9 Å². The van der Waals surface area contributed by atoms with Crippen LogP contribution in [-0.2, 0) is 19.9 Å². The van der Waals surface area contributed by atoms with E-state index in [0.717, 1.165) is 13.0 Å². The van der Waals surface area contributed by atoms with Gasteiger partial charge in [-0.2, -0.15) is 0 Å². The van der Waals surface area contributed by atoms with Gasteiger partial charge in [-0.25, -0.2) is 21.6 Å². The first-order chi connectivity index (χ1) is 7.87. The topological polar surface area (TPSA) is 92.3 Å². The average molecular weight is 284 g/mol. The van der Waals surface area contributed by atoms with Crippen molar-refractivity contribution in [2.45, 2.75) is 25.0 Å². The molecule has 0 saturated carbocycles. The summed E-state index contributed by atoms with van der Waals surface area (Å²) in [6.07, 6.45) is 1.46. The van der Waals surface area contributed by atoms with Crippen LogP contribution < -0.4 is 10.0 Å². The number of piperidine rings is 1. The molecular weight excluding hydrogens is 264 g/mol. The van der Waals surface area contributed by atoms with Gasteiger partial charge in [0, 0.05) is 18.8 Å². The van der Waals surface area contributed by atoms with Crippen LogP contribution in [-0.4, -0.2) is 53.2 Å². The molecule has 6 nitrogen and oxygen atoms in total. The Kier molecular flexibility index (Phi) is 5.36. The molecule has 0 aromatic rings. The molecule has 8 heteroatoms. The van der Waals surface area contributed by atoms with Crippen LogP contribution in [0.2, 0.25) is 0 Å². The molecular formula is C9H20N2O4S2. The van der Waals surface area contributed by atoms with E-state index in [-0.39, 0.29) is 18.1 Å². The highest BCUT2D eigenvalue weighted by Crippen LogP contribution is 2.10. The van der Waals surface area contributed by atoms with Crippen molar-refractivity contribution in [2.24, 2.45) is 0 Å². The normalized spacial score (nSPS) is 22.5. The first-order valence-corrected chi connectivity index (χ1v) is 9.14. The van der Waals surface area contributed by atoms with E-state index in [2.05, 4.69) is 10.0 Å². The number of hydrogen-bond donors (Lipinski definition) is 2. The lowest BCUT2D eigenvalue weighted by Gasteiger charge is -2.22. The second kappa shape index (κ2) is 6.12. The van der Waals surface area contributed by atoms with Crippen LogP contribution in [0.4, 0.5) is 0 Å². The van der Waals surface area contributed by atoms with Crippen molar-refractivity contribution in [3.63, 3.8) is 0 Å². The van der Waals surface area contributed by atoms with E-state index in [9.17, 15) is 16.8 Å². The Morgan fingerprint density at radius 3 is 2.53 bits per heavy atom. The first-order valence-electron chi connectivity index (χ1n) is 5.77. The Morgan fingerprint density at radius 1 is 1.29 bits per heavy atom. The van der Waals surface area contributed by atoms with Gasteiger partial charge in [-0.05, 0) is 19.4 Å². The summed E-state index contributed by atoms with van der Waals surface area (Å²) in [7, 11) is -6.51. The summed E-state index contributed by atoms with van der Waals surface area (Å²) < 4.78 is 48.4. The van der Waals surface area contributed by atoms with Crippen molar-refractivity contribution in [2.75, 3.05) is 31.1 Å². The van der Waals surface area contributed by atoms with E-state index in [4.69, 9.17) is 0 Å². The maximum absolute atomic E-state index is 11.8. The molecule has 0 aromatic heterocycles. The molecule has 1 aliphatic heterocycles. The second-order valence-corrected chi connectivity index (χ2v) is 8.66. The minimum Gasteiger partial charge on any atom is -0.315 e. The average Bonchev–Trinajstić information content (AvgIpc) is 2.30. The predicted octanol–water partition coefficient (Wildman–Crippen LogP) is -0.907. The van der Waals surface area contributed by atoms with Crippen LogP contribution in [0, 0.1) is 0 Å². The Labute approximate surface area is 103 Å². The largest absolute Gasteiger partial charge is 0.315 e. The van der Waals surface area contributed by atoms with Gasteiger partial charge >= 0.3 is 0 Å². The fourth-order valence-electron chi connectivity index (χ4n) is 1.69. The summed E-state index contributed by atoms with van der Waals surface area (Å²) in [5, 5.41) is 2.58. The molecule has 0 aromatic carbocycles. The summed E-state index contributed by atoms with van der Waals surface area (Å²) in [5.74, 6) is -0.0947. The highest BCUT2D eigenvalue weighted by atomic mass is 32.2.